The van der Waals surface area contributed by atoms with E-state index in [4.69, 9.17) is 0 Å². The maximum absolute atomic E-state index is 14.2. The minimum atomic E-state index is -1.79. The molecule has 0 aliphatic carbocycles. The fourth-order valence-electron chi connectivity index (χ4n) is 3.17. The van der Waals surface area contributed by atoms with Gasteiger partial charge in [-0.3, -0.25) is 14.5 Å². The van der Waals surface area contributed by atoms with E-state index in [1.54, 1.807) is 19.1 Å². The largest absolute Gasteiger partial charge is 0.325 e. The van der Waals surface area contributed by atoms with E-state index in [1.165, 1.54) is 6.92 Å². The van der Waals surface area contributed by atoms with Crippen molar-refractivity contribution in [2.24, 2.45) is 0 Å². The van der Waals surface area contributed by atoms with Crippen LogP contribution in [0.2, 0.25) is 0 Å². The minimum Gasteiger partial charge on any atom is -0.319 e. The van der Waals surface area contributed by atoms with Crippen LogP contribution < -0.4 is 5.32 Å². The van der Waals surface area contributed by atoms with Gasteiger partial charge in [-0.05, 0) is 50.6 Å². The Hall–Kier alpha value is -3.09. The predicted octanol–water partition coefficient (Wildman–Crippen LogP) is 3.23. The van der Waals surface area contributed by atoms with E-state index in [1.807, 2.05) is 13.0 Å². The van der Waals surface area contributed by atoms with Gasteiger partial charge in [0.25, 0.3) is 5.91 Å². The highest BCUT2D eigenvalue weighted by Gasteiger charge is 2.50. The number of imide groups is 1. The second kappa shape index (κ2) is 6.57. The molecule has 3 rings (SSSR count). The summed E-state index contributed by atoms with van der Waals surface area (Å²) in [5, 5.41) is 2.38. The van der Waals surface area contributed by atoms with E-state index >= 15 is 0 Å². The summed E-state index contributed by atoms with van der Waals surface area (Å²) in [6.45, 7) is 4.38. The van der Waals surface area contributed by atoms with Gasteiger partial charge >= 0.3 is 6.03 Å². The highest BCUT2D eigenvalue weighted by Crippen LogP contribution is 2.31. The van der Waals surface area contributed by atoms with E-state index in [0.717, 1.165) is 34.2 Å². The number of nitrogens with zero attached hydrogens (tertiary/aromatic N) is 1. The highest BCUT2D eigenvalue weighted by molar-refractivity contribution is 6.11. The Kier molecular flexibility index (Phi) is 4.55. The molecule has 5 nitrogen and oxygen atoms in total. The fraction of sp³-hybridized carbons (Fsp3) is 0.250. The molecular formula is C20H18F2N2O3. The van der Waals surface area contributed by atoms with Gasteiger partial charge in [0, 0.05) is 11.1 Å². The van der Waals surface area contributed by atoms with Gasteiger partial charge in [0.05, 0.1) is 6.54 Å². The zero-order valence-electron chi connectivity index (χ0n) is 15.1. The van der Waals surface area contributed by atoms with Crippen LogP contribution in [0.25, 0.3) is 0 Å². The van der Waals surface area contributed by atoms with Crippen LogP contribution in [0.15, 0.2) is 36.4 Å². The Balaban J connectivity index is 1.91. The number of ketones is 1. The first-order valence-corrected chi connectivity index (χ1v) is 8.33. The number of carbonyl (C=O) groups excluding carboxylic acids is 3. The average Bonchev–Trinajstić information content (AvgIpc) is 2.83. The lowest BCUT2D eigenvalue weighted by molar-refractivity contribution is -0.130. The van der Waals surface area contributed by atoms with Crippen molar-refractivity contribution in [3.8, 4) is 0 Å². The Morgan fingerprint density at radius 1 is 1.11 bits per heavy atom. The molecule has 2 aromatic rings. The van der Waals surface area contributed by atoms with Crippen LogP contribution in [0.1, 0.15) is 34.0 Å². The third-order valence-corrected chi connectivity index (χ3v) is 4.74. The molecule has 2 aromatic carbocycles. The Morgan fingerprint density at radius 2 is 1.81 bits per heavy atom. The van der Waals surface area contributed by atoms with Crippen LogP contribution in [-0.2, 0) is 10.3 Å². The number of benzene rings is 2. The van der Waals surface area contributed by atoms with Crippen LogP contribution in [0.4, 0.5) is 13.6 Å². The van der Waals surface area contributed by atoms with E-state index in [0.29, 0.717) is 5.56 Å². The molecule has 0 saturated carbocycles. The van der Waals surface area contributed by atoms with Gasteiger partial charge in [-0.15, -0.1) is 0 Å². The summed E-state index contributed by atoms with van der Waals surface area (Å²) in [7, 11) is 0. The van der Waals surface area contributed by atoms with Gasteiger partial charge in [0.1, 0.15) is 17.2 Å². The first-order chi connectivity index (χ1) is 12.6. The highest BCUT2D eigenvalue weighted by atomic mass is 19.1. The predicted molar refractivity (Wildman–Crippen MR) is 94.2 cm³/mol. The number of hydrogen-bond donors (Lipinski definition) is 1. The molecule has 0 aromatic heterocycles. The number of carbonyl (C=O) groups is 3. The second-order valence-electron chi connectivity index (χ2n) is 6.81. The number of amides is 3. The summed E-state index contributed by atoms with van der Waals surface area (Å²) in [5.41, 5.74) is -0.0846. The van der Waals surface area contributed by atoms with Gasteiger partial charge in [-0.1, -0.05) is 17.7 Å². The van der Waals surface area contributed by atoms with Crippen molar-refractivity contribution in [3.05, 3.63) is 70.3 Å². The van der Waals surface area contributed by atoms with E-state index < -0.39 is 41.4 Å². The second-order valence-corrected chi connectivity index (χ2v) is 6.81. The Morgan fingerprint density at radius 3 is 2.52 bits per heavy atom. The van der Waals surface area contributed by atoms with Gasteiger partial charge in [-0.25, -0.2) is 13.6 Å². The molecule has 1 atom stereocenters. The van der Waals surface area contributed by atoms with Crippen molar-refractivity contribution in [2.75, 3.05) is 6.54 Å². The van der Waals surface area contributed by atoms with E-state index in [9.17, 15) is 23.2 Å². The van der Waals surface area contributed by atoms with Gasteiger partial charge in [-0.2, -0.15) is 0 Å². The summed E-state index contributed by atoms with van der Waals surface area (Å²) in [5.74, 6) is -2.78. The smallest absolute Gasteiger partial charge is 0.319 e. The van der Waals surface area contributed by atoms with Crippen molar-refractivity contribution >= 4 is 17.7 Å². The lowest BCUT2D eigenvalue weighted by Gasteiger charge is -2.22. The number of rotatable bonds is 4. The lowest BCUT2D eigenvalue weighted by atomic mass is 9.91. The summed E-state index contributed by atoms with van der Waals surface area (Å²) in [6.07, 6.45) is 0. The number of urea groups is 1. The fourth-order valence-corrected chi connectivity index (χ4v) is 3.17. The molecule has 7 heteroatoms. The summed E-state index contributed by atoms with van der Waals surface area (Å²) in [4.78, 5) is 38.5. The van der Waals surface area contributed by atoms with Crippen LogP contribution >= 0.6 is 0 Å². The zero-order valence-corrected chi connectivity index (χ0v) is 15.1. The molecule has 1 fully saturated rings. The van der Waals surface area contributed by atoms with Crippen LogP contribution in [-0.4, -0.2) is 29.2 Å². The monoisotopic (exact) mass is 372 g/mol. The van der Waals surface area contributed by atoms with Gasteiger partial charge in [0.15, 0.2) is 5.78 Å². The van der Waals surface area contributed by atoms with Crippen molar-refractivity contribution < 1.29 is 23.2 Å². The van der Waals surface area contributed by atoms with Crippen molar-refractivity contribution in [3.63, 3.8) is 0 Å². The quantitative estimate of drug-likeness (QED) is 0.662. The average molecular weight is 372 g/mol. The molecule has 27 heavy (non-hydrogen) atoms. The maximum Gasteiger partial charge on any atom is 0.325 e. The molecule has 140 valence electrons. The van der Waals surface area contributed by atoms with E-state index in [-0.39, 0.29) is 5.56 Å². The number of Topliss-reactive ketones (excluding diaryl/α,β-unsaturated/α-hetero) is 1. The topological polar surface area (TPSA) is 66.5 Å². The first kappa shape index (κ1) is 18.7. The van der Waals surface area contributed by atoms with Crippen molar-refractivity contribution in [2.45, 2.75) is 26.3 Å². The van der Waals surface area contributed by atoms with Crippen LogP contribution in [0.3, 0.4) is 0 Å². The molecular weight excluding hydrogens is 354 g/mol. The van der Waals surface area contributed by atoms with Crippen LogP contribution in [0, 0.1) is 25.5 Å². The van der Waals surface area contributed by atoms with Gasteiger partial charge < -0.3 is 5.32 Å². The maximum atomic E-state index is 14.2. The zero-order chi connectivity index (χ0) is 19.9. The third-order valence-electron chi connectivity index (χ3n) is 4.74. The standard InChI is InChI=1S/C20H18F2N2O3/c1-11-4-5-12(2)14(8-11)17(25)10-24-18(26)20(3,23-19(24)27)15-9-13(21)6-7-16(15)22/h4-9H,10H2,1-3H3,(H,23,27). The molecule has 1 heterocycles. The molecule has 1 unspecified atom stereocenters. The number of halogens is 2. The van der Waals surface area contributed by atoms with Gasteiger partial charge in [0.2, 0.25) is 0 Å². The molecule has 0 spiro atoms. The lowest BCUT2D eigenvalue weighted by Crippen LogP contribution is -2.42. The molecule has 1 N–H and O–H groups in total. The first-order valence-electron chi connectivity index (χ1n) is 8.33. The Bertz CT molecular complexity index is 974. The molecule has 1 aliphatic rings. The van der Waals surface area contributed by atoms with Crippen LogP contribution in [0.5, 0.6) is 0 Å². The van der Waals surface area contributed by atoms with Crippen molar-refractivity contribution in [1.29, 1.82) is 0 Å². The summed E-state index contributed by atoms with van der Waals surface area (Å²) >= 11 is 0. The number of hydrogen-bond acceptors (Lipinski definition) is 3. The SMILES string of the molecule is Cc1ccc(C)c(C(=O)CN2C(=O)NC(C)(c3cc(F)ccc3F)C2=O)c1. The molecule has 1 aliphatic heterocycles. The number of aryl methyl sites for hydroxylation is 2. The van der Waals surface area contributed by atoms with Crippen molar-refractivity contribution in [1.82, 2.24) is 10.2 Å². The summed E-state index contributed by atoms with van der Waals surface area (Å²) < 4.78 is 27.7. The molecule has 1 saturated heterocycles. The number of nitrogens with one attached hydrogen (secondary N) is 1. The Labute approximate surface area is 155 Å². The molecule has 0 bridgehead atoms. The summed E-state index contributed by atoms with van der Waals surface area (Å²) in [6, 6.07) is 7.16. The normalized spacial score (nSPS) is 19.4. The minimum absolute atomic E-state index is 0.289. The molecule has 3 amide bonds. The molecule has 0 radical (unpaired) electrons. The third kappa shape index (κ3) is 3.20. The van der Waals surface area contributed by atoms with E-state index in [2.05, 4.69) is 5.32 Å².